The molecule has 0 radical (unpaired) electrons. The van der Waals surface area contributed by atoms with Gasteiger partial charge in [0.25, 0.3) is 0 Å². The number of likely N-dealkylation sites (tertiary alicyclic amines) is 1. The topological polar surface area (TPSA) is 40.5 Å². The second-order valence-corrected chi connectivity index (χ2v) is 6.78. The van der Waals surface area contributed by atoms with Crippen molar-refractivity contribution in [1.29, 1.82) is 0 Å². The van der Waals surface area contributed by atoms with E-state index in [4.69, 9.17) is 0 Å². The quantitative estimate of drug-likeness (QED) is 0.830. The Hall–Kier alpha value is -0.570. The summed E-state index contributed by atoms with van der Waals surface area (Å²) in [6, 6.07) is 0. The van der Waals surface area contributed by atoms with Crippen LogP contribution in [0.25, 0.3) is 0 Å². The van der Waals surface area contributed by atoms with Crippen molar-refractivity contribution in [2.75, 3.05) is 19.6 Å². The Kier molecular flexibility index (Phi) is 5.68. The van der Waals surface area contributed by atoms with Crippen LogP contribution in [0.3, 0.4) is 0 Å². The van der Waals surface area contributed by atoms with Gasteiger partial charge in [-0.1, -0.05) is 39.0 Å². The molecule has 2 aliphatic rings. The minimum absolute atomic E-state index is 0.140. The van der Waals surface area contributed by atoms with Gasteiger partial charge >= 0.3 is 5.97 Å². The van der Waals surface area contributed by atoms with Gasteiger partial charge in [0.05, 0.1) is 5.92 Å². The molecule has 1 heterocycles. The summed E-state index contributed by atoms with van der Waals surface area (Å²) in [5.41, 5.74) is 0. The number of aliphatic carboxylic acids is 1. The number of carboxylic acid groups (broad SMARTS) is 1. The third kappa shape index (κ3) is 4.79. The van der Waals surface area contributed by atoms with Crippen LogP contribution in [0.4, 0.5) is 0 Å². The largest absolute Gasteiger partial charge is 0.481 e. The fourth-order valence-corrected chi connectivity index (χ4v) is 3.90. The highest BCUT2D eigenvalue weighted by molar-refractivity contribution is 5.70. The Labute approximate surface area is 117 Å². The molecule has 0 aromatic rings. The van der Waals surface area contributed by atoms with Crippen LogP contribution in [0.2, 0.25) is 0 Å². The van der Waals surface area contributed by atoms with Crippen molar-refractivity contribution in [2.24, 2.45) is 17.8 Å². The number of hydrogen-bond acceptors (Lipinski definition) is 2. The van der Waals surface area contributed by atoms with E-state index in [9.17, 15) is 9.90 Å². The van der Waals surface area contributed by atoms with E-state index in [0.717, 1.165) is 32.0 Å². The van der Waals surface area contributed by atoms with Gasteiger partial charge in [-0.3, -0.25) is 4.79 Å². The maximum atomic E-state index is 11.1. The zero-order chi connectivity index (χ0) is 13.7. The first-order valence-electron chi connectivity index (χ1n) is 8.10. The van der Waals surface area contributed by atoms with Crippen LogP contribution in [-0.4, -0.2) is 35.6 Å². The Morgan fingerprint density at radius 1 is 1.21 bits per heavy atom. The first kappa shape index (κ1) is 14.8. The maximum absolute atomic E-state index is 11.1. The van der Waals surface area contributed by atoms with Gasteiger partial charge in [-0.05, 0) is 37.6 Å². The molecule has 0 aromatic heterocycles. The van der Waals surface area contributed by atoms with Crippen LogP contribution >= 0.6 is 0 Å². The number of carbonyl (C=O) groups is 1. The number of hydrogen-bond donors (Lipinski definition) is 1. The maximum Gasteiger partial charge on any atom is 0.307 e. The van der Waals surface area contributed by atoms with Crippen molar-refractivity contribution >= 4 is 5.97 Å². The van der Waals surface area contributed by atoms with Crippen LogP contribution in [0.15, 0.2) is 0 Å². The van der Waals surface area contributed by atoms with Crippen LogP contribution in [0, 0.1) is 17.8 Å². The molecule has 2 rings (SSSR count). The number of nitrogens with zero attached hydrogens (tertiary/aromatic N) is 1. The fraction of sp³-hybridized carbons (Fsp3) is 0.938. The Balaban J connectivity index is 1.68. The molecule has 1 aliphatic carbocycles. The SMILES string of the molecule is CC1CC(C(=O)O)CN(CCCC2CCCCC2)C1. The summed E-state index contributed by atoms with van der Waals surface area (Å²) < 4.78 is 0. The summed E-state index contributed by atoms with van der Waals surface area (Å²) in [6.45, 7) is 5.15. The third-order valence-corrected chi connectivity index (χ3v) is 4.90. The van der Waals surface area contributed by atoms with E-state index in [1.165, 1.54) is 44.9 Å². The van der Waals surface area contributed by atoms with E-state index in [0.29, 0.717) is 5.92 Å². The van der Waals surface area contributed by atoms with Crippen LogP contribution in [0.5, 0.6) is 0 Å². The highest BCUT2D eigenvalue weighted by Crippen LogP contribution is 2.28. The molecule has 2 atom stereocenters. The monoisotopic (exact) mass is 267 g/mol. The highest BCUT2D eigenvalue weighted by Gasteiger charge is 2.29. The summed E-state index contributed by atoms with van der Waals surface area (Å²) in [7, 11) is 0. The first-order valence-corrected chi connectivity index (χ1v) is 8.10. The minimum Gasteiger partial charge on any atom is -0.481 e. The van der Waals surface area contributed by atoms with Crippen LogP contribution in [-0.2, 0) is 4.79 Å². The molecular formula is C16H29NO2. The molecule has 1 aliphatic heterocycles. The van der Waals surface area contributed by atoms with Gasteiger partial charge in [-0.2, -0.15) is 0 Å². The van der Waals surface area contributed by atoms with Gasteiger partial charge in [0, 0.05) is 13.1 Å². The lowest BCUT2D eigenvalue weighted by atomic mass is 9.86. The lowest BCUT2D eigenvalue weighted by molar-refractivity contribution is -0.144. The van der Waals surface area contributed by atoms with E-state index in [-0.39, 0.29) is 5.92 Å². The molecule has 2 unspecified atom stereocenters. The van der Waals surface area contributed by atoms with Crippen molar-refractivity contribution in [3.8, 4) is 0 Å². The zero-order valence-corrected chi connectivity index (χ0v) is 12.3. The molecule has 19 heavy (non-hydrogen) atoms. The van der Waals surface area contributed by atoms with E-state index in [1.54, 1.807) is 0 Å². The Morgan fingerprint density at radius 3 is 2.63 bits per heavy atom. The Bertz CT molecular complexity index is 286. The van der Waals surface area contributed by atoms with E-state index in [1.807, 2.05) is 0 Å². The van der Waals surface area contributed by atoms with Crippen LogP contribution in [0.1, 0.15) is 58.3 Å². The molecule has 0 aromatic carbocycles. The summed E-state index contributed by atoms with van der Waals surface area (Å²) >= 11 is 0. The molecule has 2 fully saturated rings. The summed E-state index contributed by atoms with van der Waals surface area (Å²) in [6.07, 6.45) is 10.6. The standard InChI is InChI=1S/C16H29NO2/c1-13-10-15(16(18)19)12-17(11-13)9-5-8-14-6-3-2-4-7-14/h13-15H,2-12H2,1H3,(H,18,19). The fourth-order valence-electron chi connectivity index (χ4n) is 3.90. The predicted molar refractivity (Wildman–Crippen MR) is 77.2 cm³/mol. The van der Waals surface area contributed by atoms with Crippen molar-refractivity contribution in [1.82, 2.24) is 4.90 Å². The summed E-state index contributed by atoms with van der Waals surface area (Å²) in [5.74, 6) is 0.734. The first-order chi connectivity index (χ1) is 9.15. The molecule has 110 valence electrons. The number of carboxylic acids is 1. The minimum atomic E-state index is -0.608. The van der Waals surface area contributed by atoms with Crippen molar-refractivity contribution in [2.45, 2.75) is 58.3 Å². The van der Waals surface area contributed by atoms with Crippen LogP contribution < -0.4 is 0 Å². The third-order valence-electron chi connectivity index (χ3n) is 4.90. The molecule has 0 bridgehead atoms. The molecule has 3 heteroatoms. The summed E-state index contributed by atoms with van der Waals surface area (Å²) in [5, 5.41) is 9.18. The molecular weight excluding hydrogens is 238 g/mol. The van der Waals surface area contributed by atoms with E-state index in [2.05, 4.69) is 11.8 Å². The summed E-state index contributed by atoms with van der Waals surface area (Å²) in [4.78, 5) is 13.5. The van der Waals surface area contributed by atoms with Crippen molar-refractivity contribution in [3.63, 3.8) is 0 Å². The zero-order valence-electron chi connectivity index (χ0n) is 12.3. The van der Waals surface area contributed by atoms with E-state index < -0.39 is 5.97 Å². The average molecular weight is 267 g/mol. The Morgan fingerprint density at radius 2 is 1.95 bits per heavy atom. The lowest BCUT2D eigenvalue weighted by Gasteiger charge is -2.35. The predicted octanol–water partition coefficient (Wildman–Crippen LogP) is 3.39. The van der Waals surface area contributed by atoms with E-state index >= 15 is 0 Å². The molecule has 1 saturated carbocycles. The second-order valence-electron chi connectivity index (χ2n) is 6.78. The van der Waals surface area contributed by atoms with Crippen molar-refractivity contribution < 1.29 is 9.90 Å². The molecule has 3 nitrogen and oxygen atoms in total. The second kappa shape index (κ2) is 7.28. The molecule has 0 spiro atoms. The average Bonchev–Trinajstić information content (AvgIpc) is 2.39. The van der Waals surface area contributed by atoms with Crippen molar-refractivity contribution in [3.05, 3.63) is 0 Å². The van der Waals surface area contributed by atoms with Gasteiger partial charge in [0.2, 0.25) is 0 Å². The van der Waals surface area contributed by atoms with Gasteiger partial charge in [0.1, 0.15) is 0 Å². The normalized spacial score (nSPS) is 30.4. The molecule has 1 N–H and O–H groups in total. The van der Waals surface area contributed by atoms with Gasteiger partial charge in [-0.15, -0.1) is 0 Å². The number of rotatable bonds is 5. The smallest absolute Gasteiger partial charge is 0.307 e. The lowest BCUT2D eigenvalue weighted by Crippen LogP contribution is -2.42. The van der Waals surface area contributed by atoms with Gasteiger partial charge in [-0.25, -0.2) is 0 Å². The number of piperidine rings is 1. The highest BCUT2D eigenvalue weighted by atomic mass is 16.4. The molecule has 1 saturated heterocycles. The van der Waals surface area contributed by atoms with Gasteiger partial charge in [0.15, 0.2) is 0 Å². The molecule has 0 amide bonds. The van der Waals surface area contributed by atoms with Gasteiger partial charge < -0.3 is 10.0 Å².